The van der Waals surface area contributed by atoms with Gasteiger partial charge in [-0.25, -0.2) is 5.43 Å². The van der Waals surface area contributed by atoms with Gasteiger partial charge in [-0.2, -0.15) is 8.78 Å². The standard InChI is InChI=1S/C10H12Cl2F2N2/c1-6-2-3-7(8(11)4-6)5-9(16-15)10(12,13)14/h2-4,9,16H,5,15H2,1H3. The Labute approximate surface area is 103 Å². The van der Waals surface area contributed by atoms with Crippen LogP contribution >= 0.6 is 23.2 Å². The second kappa shape index (κ2) is 5.27. The average molecular weight is 269 g/mol. The van der Waals surface area contributed by atoms with E-state index in [1.54, 1.807) is 18.2 Å². The first-order chi connectivity index (χ1) is 7.34. The fourth-order valence-electron chi connectivity index (χ4n) is 1.31. The molecule has 0 spiro atoms. The summed E-state index contributed by atoms with van der Waals surface area (Å²) < 4.78 is 25.7. The summed E-state index contributed by atoms with van der Waals surface area (Å²) in [7, 11) is 0. The third-order valence-corrected chi connectivity index (χ3v) is 2.84. The first-order valence-corrected chi connectivity index (χ1v) is 5.38. The van der Waals surface area contributed by atoms with Gasteiger partial charge in [-0.05, 0) is 42.1 Å². The number of nitrogens with two attached hydrogens (primary N) is 1. The van der Waals surface area contributed by atoms with Gasteiger partial charge < -0.3 is 0 Å². The largest absolute Gasteiger partial charge is 0.338 e. The summed E-state index contributed by atoms with van der Waals surface area (Å²) in [5.74, 6) is 5.03. The molecule has 0 aromatic heterocycles. The van der Waals surface area contributed by atoms with E-state index in [1.165, 1.54) is 0 Å². The van der Waals surface area contributed by atoms with Crippen molar-refractivity contribution in [2.45, 2.75) is 24.8 Å². The van der Waals surface area contributed by atoms with Gasteiger partial charge in [0, 0.05) is 5.02 Å². The Balaban J connectivity index is 2.86. The minimum Gasteiger partial charge on any atom is -0.271 e. The van der Waals surface area contributed by atoms with Crippen molar-refractivity contribution in [2.24, 2.45) is 5.84 Å². The molecule has 0 aliphatic heterocycles. The van der Waals surface area contributed by atoms with E-state index in [0.29, 0.717) is 10.6 Å². The number of rotatable bonds is 4. The zero-order valence-electron chi connectivity index (χ0n) is 8.61. The highest BCUT2D eigenvalue weighted by Crippen LogP contribution is 2.28. The van der Waals surface area contributed by atoms with E-state index in [4.69, 9.17) is 29.0 Å². The van der Waals surface area contributed by atoms with Crippen molar-refractivity contribution in [3.8, 4) is 0 Å². The molecule has 2 nitrogen and oxygen atoms in total. The Kier molecular flexibility index (Phi) is 4.50. The molecule has 6 heteroatoms. The van der Waals surface area contributed by atoms with Crippen LogP contribution in [0.15, 0.2) is 18.2 Å². The van der Waals surface area contributed by atoms with Crippen LogP contribution in [-0.2, 0) is 6.42 Å². The summed E-state index contributed by atoms with van der Waals surface area (Å²) in [6.07, 6.45) is -0.0356. The molecule has 0 amide bonds. The quantitative estimate of drug-likeness (QED) is 0.501. The fourth-order valence-corrected chi connectivity index (χ4v) is 1.76. The van der Waals surface area contributed by atoms with Gasteiger partial charge in [-0.1, -0.05) is 23.7 Å². The van der Waals surface area contributed by atoms with Crippen LogP contribution in [0.1, 0.15) is 11.1 Å². The molecule has 0 aliphatic rings. The van der Waals surface area contributed by atoms with E-state index >= 15 is 0 Å². The zero-order valence-corrected chi connectivity index (χ0v) is 10.1. The molecule has 3 N–H and O–H groups in total. The Bertz CT molecular complexity index is 366. The van der Waals surface area contributed by atoms with Crippen LogP contribution in [0.3, 0.4) is 0 Å². The van der Waals surface area contributed by atoms with Crippen LogP contribution in [0.25, 0.3) is 0 Å². The Morgan fingerprint density at radius 2 is 2.12 bits per heavy atom. The summed E-state index contributed by atoms with van der Waals surface area (Å²) in [5, 5.41) is -2.98. The fraction of sp³-hybridized carbons (Fsp3) is 0.400. The van der Waals surface area contributed by atoms with Crippen LogP contribution < -0.4 is 11.3 Å². The highest BCUT2D eigenvalue weighted by molar-refractivity contribution is 6.31. The Morgan fingerprint density at radius 1 is 1.50 bits per heavy atom. The molecule has 0 aliphatic carbocycles. The number of aryl methyl sites for hydroxylation is 1. The first-order valence-electron chi connectivity index (χ1n) is 4.62. The van der Waals surface area contributed by atoms with Gasteiger partial charge in [-0.3, -0.25) is 5.84 Å². The maximum atomic E-state index is 12.9. The van der Waals surface area contributed by atoms with Gasteiger partial charge in [-0.15, -0.1) is 0 Å². The Morgan fingerprint density at radius 3 is 2.56 bits per heavy atom. The second-order valence-electron chi connectivity index (χ2n) is 3.56. The van der Waals surface area contributed by atoms with Crippen molar-refractivity contribution in [3.05, 3.63) is 34.3 Å². The summed E-state index contributed by atoms with van der Waals surface area (Å²) >= 11 is 10.8. The molecular weight excluding hydrogens is 257 g/mol. The third-order valence-electron chi connectivity index (χ3n) is 2.23. The van der Waals surface area contributed by atoms with Crippen LogP contribution in [-0.4, -0.2) is 11.4 Å². The predicted octanol–water partition coefficient (Wildman–Crippen LogP) is 2.85. The number of hydrazine groups is 1. The monoisotopic (exact) mass is 268 g/mol. The molecule has 90 valence electrons. The molecule has 1 rings (SSSR count). The lowest BCUT2D eigenvalue weighted by Crippen LogP contribution is -2.46. The Hall–Kier alpha value is -0.420. The molecule has 0 fully saturated rings. The molecule has 0 saturated carbocycles. The SMILES string of the molecule is Cc1ccc(CC(NN)C(F)(F)Cl)c(Cl)c1. The van der Waals surface area contributed by atoms with Crippen molar-refractivity contribution in [1.82, 2.24) is 5.43 Å². The average Bonchev–Trinajstić information content (AvgIpc) is 2.14. The molecule has 0 radical (unpaired) electrons. The van der Waals surface area contributed by atoms with Gasteiger partial charge in [0.15, 0.2) is 0 Å². The molecule has 1 aromatic rings. The number of benzene rings is 1. The van der Waals surface area contributed by atoms with E-state index in [2.05, 4.69) is 0 Å². The number of hydrogen-bond donors (Lipinski definition) is 2. The van der Waals surface area contributed by atoms with Gasteiger partial charge in [0.25, 0.3) is 0 Å². The van der Waals surface area contributed by atoms with Crippen molar-refractivity contribution < 1.29 is 8.78 Å². The molecule has 0 bridgehead atoms. The van der Waals surface area contributed by atoms with Crippen molar-refractivity contribution in [1.29, 1.82) is 0 Å². The summed E-state index contributed by atoms with van der Waals surface area (Å²) in [4.78, 5) is 0. The molecular formula is C10H12Cl2F2N2. The molecule has 0 heterocycles. The lowest BCUT2D eigenvalue weighted by atomic mass is 10.0. The number of alkyl halides is 3. The molecule has 1 unspecified atom stereocenters. The van der Waals surface area contributed by atoms with Crippen LogP contribution in [0.2, 0.25) is 5.02 Å². The van der Waals surface area contributed by atoms with Gasteiger partial charge in [0.2, 0.25) is 0 Å². The lowest BCUT2D eigenvalue weighted by Gasteiger charge is -2.21. The van der Waals surface area contributed by atoms with Crippen LogP contribution in [0, 0.1) is 6.92 Å². The van der Waals surface area contributed by atoms with Gasteiger partial charge in [0.05, 0.1) is 0 Å². The minimum absolute atomic E-state index is 0.0356. The van der Waals surface area contributed by atoms with E-state index in [1.807, 2.05) is 12.3 Å². The molecule has 1 atom stereocenters. The molecule has 0 saturated heterocycles. The van der Waals surface area contributed by atoms with E-state index < -0.39 is 11.4 Å². The lowest BCUT2D eigenvalue weighted by molar-refractivity contribution is 0.0503. The normalized spacial score (nSPS) is 13.9. The maximum absolute atomic E-state index is 12.9. The van der Waals surface area contributed by atoms with E-state index in [0.717, 1.165) is 5.56 Å². The summed E-state index contributed by atoms with van der Waals surface area (Å²) in [5.41, 5.74) is 3.53. The minimum atomic E-state index is -3.41. The predicted molar refractivity (Wildman–Crippen MR) is 61.8 cm³/mol. The second-order valence-corrected chi connectivity index (χ2v) is 4.47. The zero-order chi connectivity index (χ0) is 12.3. The van der Waals surface area contributed by atoms with Gasteiger partial charge >= 0.3 is 5.38 Å². The van der Waals surface area contributed by atoms with Crippen molar-refractivity contribution in [3.63, 3.8) is 0 Å². The number of nitrogens with one attached hydrogen (secondary N) is 1. The van der Waals surface area contributed by atoms with Crippen molar-refractivity contribution >= 4 is 23.2 Å². The topological polar surface area (TPSA) is 38.0 Å². The molecule has 1 aromatic carbocycles. The van der Waals surface area contributed by atoms with Crippen molar-refractivity contribution in [2.75, 3.05) is 0 Å². The summed E-state index contributed by atoms with van der Waals surface area (Å²) in [6.45, 7) is 1.87. The summed E-state index contributed by atoms with van der Waals surface area (Å²) in [6, 6.07) is 3.83. The highest BCUT2D eigenvalue weighted by atomic mass is 35.5. The first kappa shape index (κ1) is 13.6. The van der Waals surface area contributed by atoms with E-state index in [9.17, 15) is 8.78 Å². The molecule has 16 heavy (non-hydrogen) atoms. The van der Waals surface area contributed by atoms with Crippen LogP contribution in [0.5, 0.6) is 0 Å². The highest BCUT2D eigenvalue weighted by Gasteiger charge is 2.36. The number of hydrogen-bond acceptors (Lipinski definition) is 2. The van der Waals surface area contributed by atoms with E-state index in [-0.39, 0.29) is 6.42 Å². The maximum Gasteiger partial charge on any atom is 0.338 e. The smallest absolute Gasteiger partial charge is 0.271 e. The third kappa shape index (κ3) is 3.56. The van der Waals surface area contributed by atoms with Gasteiger partial charge in [0.1, 0.15) is 6.04 Å². The number of halogens is 4. The van der Waals surface area contributed by atoms with Crippen LogP contribution in [0.4, 0.5) is 8.78 Å².